The van der Waals surface area contributed by atoms with Crippen molar-refractivity contribution in [2.75, 3.05) is 31.1 Å². The Morgan fingerprint density at radius 3 is 2.33 bits per heavy atom. The van der Waals surface area contributed by atoms with Crippen LogP contribution in [0, 0.1) is 11.8 Å². The minimum Gasteiger partial charge on any atom is -0.481 e. The van der Waals surface area contributed by atoms with Gasteiger partial charge in [-0.15, -0.1) is 0 Å². The van der Waals surface area contributed by atoms with Gasteiger partial charge in [0.2, 0.25) is 5.91 Å². The summed E-state index contributed by atoms with van der Waals surface area (Å²) in [6.07, 6.45) is 3.17. The van der Waals surface area contributed by atoms with Gasteiger partial charge in [0.25, 0.3) is 0 Å². The van der Waals surface area contributed by atoms with E-state index < -0.39 is 11.9 Å². The van der Waals surface area contributed by atoms with Crippen molar-refractivity contribution < 1.29 is 14.7 Å². The van der Waals surface area contributed by atoms with Crippen molar-refractivity contribution in [3.05, 3.63) is 29.3 Å². The van der Waals surface area contributed by atoms with Crippen LogP contribution in [-0.4, -0.2) is 48.1 Å². The molecule has 0 aromatic heterocycles. The maximum absolute atomic E-state index is 12.8. The molecule has 1 aliphatic carbocycles. The van der Waals surface area contributed by atoms with Gasteiger partial charge in [-0.2, -0.15) is 0 Å². The van der Waals surface area contributed by atoms with E-state index in [9.17, 15) is 14.7 Å². The lowest BCUT2D eigenvalue weighted by Crippen LogP contribution is -2.52. The number of anilines is 1. The molecule has 1 N–H and O–H groups in total. The molecule has 6 heteroatoms. The lowest BCUT2D eigenvalue weighted by Gasteiger charge is -2.39. The Balaban J connectivity index is 1.61. The van der Waals surface area contributed by atoms with Crippen molar-refractivity contribution in [3.8, 4) is 0 Å². The number of amides is 1. The van der Waals surface area contributed by atoms with Gasteiger partial charge in [0.15, 0.2) is 0 Å². The molecular weight excluding hydrogens is 328 g/mol. The molecule has 1 aromatic rings. The normalized spacial score (nSPS) is 24.7. The van der Waals surface area contributed by atoms with Crippen molar-refractivity contribution in [3.63, 3.8) is 0 Å². The van der Waals surface area contributed by atoms with Crippen molar-refractivity contribution in [1.82, 2.24) is 4.90 Å². The summed E-state index contributed by atoms with van der Waals surface area (Å²) in [4.78, 5) is 28.3. The maximum Gasteiger partial charge on any atom is 0.307 e. The summed E-state index contributed by atoms with van der Waals surface area (Å²) in [7, 11) is 0. The Hall–Kier alpha value is -1.75. The lowest BCUT2D eigenvalue weighted by molar-refractivity contribution is -0.152. The lowest BCUT2D eigenvalue weighted by atomic mass is 9.78. The van der Waals surface area contributed by atoms with Crippen LogP contribution in [0.4, 0.5) is 5.69 Å². The van der Waals surface area contributed by atoms with Gasteiger partial charge < -0.3 is 14.9 Å². The molecule has 1 aromatic carbocycles. The topological polar surface area (TPSA) is 60.9 Å². The molecule has 24 heavy (non-hydrogen) atoms. The number of carbonyl (C=O) groups is 2. The zero-order chi connectivity index (χ0) is 17.1. The zero-order valence-electron chi connectivity index (χ0n) is 13.7. The van der Waals surface area contributed by atoms with E-state index in [2.05, 4.69) is 4.90 Å². The second-order valence-corrected chi connectivity index (χ2v) is 7.06. The molecule has 2 fully saturated rings. The smallest absolute Gasteiger partial charge is 0.307 e. The second-order valence-electron chi connectivity index (χ2n) is 6.63. The maximum atomic E-state index is 12.8. The number of carboxylic acid groups (broad SMARTS) is 1. The summed E-state index contributed by atoms with van der Waals surface area (Å²) >= 11 is 6.04. The van der Waals surface area contributed by atoms with Crippen LogP contribution in [0.25, 0.3) is 0 Å². The number of hydrogen-bond donors (Lipinski definition) is 1. The number of halogens is 1. The van der Waals surface area contributed by atoms with E-state index in [1.54, 1.807) is 0 Å². The van der Waals surface area contributed by atoms with Gasteiger partial charge >= 0.3 is 5.97 Å². The monoisotopic (exact) mass is 350 g/mol. The third kappa shape index (κ3) is 3.66. The third-order valence-corrected chi connectivity index (χ3v) is 5.40. The first-order valence-corrected chi connectivity index (χ1v) is 8.96. The Labute approximate surface area is 147 Å². The minimum absolute atomic E-state index is 0.0212. The van der Waals surface area contributed by atoms with Crippen LogP contribution < -0.4 is 4.90 Å². The molecule has 0 unspecified atom stereocenters. The number of carboxylic acids is 1. The van der Waals surface area contributed by atoms with Crippen molar-refractivity contribution in [2.24, 2.45) is 11.8 Å². The highest BCUT2D eigenvalue weighted by Gasteiger charge is 2.38. The van der Waals surface area contributed by atoms with Gasteiger partial charge in [0.05, 0.1) is 11.8 Å². The van der Waals surface area contributed by atoms with Crippen LogP contribution in [0.15, 0.2) is 24.3 Å². The molecule has 2 atom stereocenters. The molecule has 0 radical (unpaired) electrons. The number of hydrogen-bond acceptors (Lipinski definition) is 3. The first kappa shape index (κ1) is 17.1. The van der Waals surface area contributed by atoms with Crippen LogP contribution in [0.5, 0.6) is 0 Å². The highest BCUT2D eigenvalue weighted by Crippen LogP contribution is 2.32. The minimum atomic E-state index is -0.828. The molecule has 1 saturated carbocycles. The average molecular weight is 351 g/mol. The summed E-state index contributed by atoms with van der Waals surface area (Å²) in [5.74, 6) is -1.68. The van der Waals surface area contributed by atoms with Crippen molar-refractivity contribution >= 4 is 29.2 Å². The molecule has 2 aliphatic rings. The van der Waals surface area contributed by atoms with E-state index in [1.165, 1.54) is 0 Å². The van der Waals surface area contributed by atoms with Gasteiger partial charge in [0, 0.05) is 36.9 Å². The predicted molar refractivity (Wildman–Crippen MR) is 93.3 cm³/mol. The first-order chi connectivity index (χ1) is 11.6. The highest BCUT2D eigenvalue weighted by molar-refractivity contribution is 6.30. The summed E-state index contributed by atoms with van der Waals surface area (Å²) < 4.78 is 0. The van der Waals surface area contributed by atoms with E-state index in [1.807, 2.05) is 29.2 Å². The molecular formula is C18H23ClN2O3. The molecule has 1 saturated heterocycles. The Bertz CT molecular complexity index is 614. The van der Waals surface area contributed by atoms with E-state index in [-0.39, 0.29) is 11.8 Å². The van der Waals surface area contributed by atoms with Crippen molar-refractivity contribution in [2.45, 2.75) is 25.7 Å². The standard InChI is InChI=1S/C18H23ClN2O3/c19-13-4-3-5-14(12-13)20-8-10-21(11-9-20)17(22)15-6-1-2-7-16(15)18(23)24/h3-5,12,15-16H,1-2,6-11H2,(H,23,24)/t15-,16+/m1/s1. The molecule has 5 nitrogen and oxygen atoms in total. The predicted octanol–water partition coefficient (Wildman–Crippen LogP) is 2.88. The Morgan fingerprint density at radius 1 is 1.04 bits per heavy atom. The molecule has 3 rings (SSSR count). The fourth-order valence-corrected chi connectivity index (χ4v) is 4.00. The first-order valence-electron chi connectivity index (χ1n) is 8.58. The number of aliphatic carboxylic acids is 1. The van der Waals surface area contributed by atoms with Gasteiger partial charge in [-0.1, -0.05) is 30.5 Å². The number of rotatable bonds is 3. The second kappa shape index (κ2) is 7.43. The summed E-state index contributed by atoms with van der Waals surface area (Å²) in [6, 6.07) is 7.72. The molecule has 0 spiro atoms. The Kier molecular flexibility index (Phi) is 5.29. The largest absolute Gasteiger partial charge is 0.481 e. The number of piperazine rings is 1. The molecule has 1 aliphatic heterocycles. The van der Waals surface area contributed by atoms with Gasteiger partial charge in [-0.05, 0) is 31.0 Å². The quantitative estimate of drug-likeness (QED) is 0.910. The third-order valence-electron chi connectivity index (χ3n) is 5.17. The molecule has 130 valence electrons. The van der Waals surface area contributed by atoms with Crippen LogP contribution in [-0.2, 0) is 9.59 Å². The van der Waals surface area contributed by atoms with Gasteiger partial charge in [-0.25, -0.2) is 0 Å². The molecule has 1 amide bonds. The van der Waals surface area contributed by atoms with E-state index in [4.69, 9.17) is 11.6 Å². The average Bonchev–Trinajstić information content (AvgIpc) is 2.61. The van der Waals surface area contributed by atoms with E-state index in [0.29, 0.717) is 31.0 Å². The number of benzene rings is 1. The van der Waals surface area contributed by atoms with Gasteiger partial charge in [-0.3, -0.25) is 9.59 Å². The summed E-state index contributed by atoms with van der Waals surface area (Å²) in [5.41, 5.74) is 1.07. The van der Waals surface area contributed by atoms with Crippen molar-refractivity contribution in [1.29, 1.82) is 0 Å². The number of nitrogens with zero attached hydrogens (tertiary/aromatic N) is 2. The fraction of sp³-hybridized carbons (Fsp3) is 0.556. The highest BCUT2D eigenvalue weighted by atomic mass is 35.5. The van der Waals surface area contributed by atoms with Crippen LogP contribution >= 0.6 is 11.6 Å². The van der Waals surface area contributed by atoms with Crippen LogP contribution in [0.2, 0.25) is 5.02 Å². The van der Waals surface area contributed by atoms with Crippen LogP contribution in [0.1, 0.15) is 25.7 Å². The van der Waals surface area contributed by atoms with Gasteiger partial charge in [0.1, 0.15) is 0 Å². The van der Waals surface area contributed by atoms with E-state index in [0.717, 1.165) is 31.6 Å². The zero-order valence-corrected chi connectivity index (χ0v) is 14.4. The SMILES string of the molecule is O=C(O)[C@H]1CCCC[C@H]1C(=O)N1CCN(c2cccc(Cl)c2)CC1. The Morgan fingerprint density at radius 2 is 1.71 bits per heavy atom. The number of carbonyl (C=O) groups excluding carboxylic acids is 1. The molecule has 1 heterocycles. The summed E-state index contributed by atoms with van der Waals surface area (Å²) in [6.45, 7) is 2.76. The van der Waals surface area contributed by atoms with E-state index >= 15 is 0 Å². The van der Waals surface area contributed by atoms with Crippen LogP contribution in [0.3, 0.4) is 0 Å². The summed E-state index contributed by atoms with van der Waals surface area (Å²) in [5, 5.41) is 10.1. The fourth-order valence-electron chi connectivity index (χ4n) is 3.81. The molecule has 0 bridgehead atoms.